The topological polar surface area (TPSA) is 58.4 Å². The van der Waals surface area contributed by atoms with Crippen molar-refractivity contribution in [3.8, 4) is 0 Å². The SMILES string of the molecule is CCN(CCc1ccc([N+](=O)[O-])cc1)CC1CCCN1. The van der Waals surface area contributed by atoms with E-state index in [2.05, 4.69) is 17.1 Å². The third kappa shape index (κ3) is 4.28. The lowest BCUT2D eigenvalue weighted by Crippen LogP contribution is -2.38. The molecule has 0 amide bonds. The molecule has 1 saturated heterocycles. The molecule has 1 aromatic rings. The Morgan fingerprint density at radius 1 is 1.40 bits per heavy atom. The average Bonchev–Trinajstić information content (AvgIpc) is 2.96. The maximum Gasteiger partial charge on any atom is 0.269 e. The van der Waals surface area contributed by atoms with Crippen LogP contribution < -0.4 is 5.32 Å². The molecule has 0 aliphatic carbocycles. The molecule has 0 saturated carbocycles. The van der Waals surface area contributed by atoms with Gasteiger partial charge in [0.05, 0.1) is 4.92 Å². The maximum absolute atomic E-state index is 10.6. The quantitative estimate of drug-likeness (QED) is 0.613. The predicted octanol–water partition coefficient (Wildman–Crippen LogP) is 2.21. The summed E-state index contributed by atoms with van der Waals surface area (Å²) < 4.78 is 0. The van der Waals surface area contributed by atoms with Crippen LogP contribution in [0.1, 0.15) is 25.3 Å². The van der Waals surface area contributed by atoms with Gasteiger partial charge >= 0.3 is 0 Å². The second-order valence-corrected chi connectivity index (χ2v) is 5.36. The summed E-state index contributed by atoms with van der Waals surface area (Å²) in [6.07, 6.45) is 3.50. The second-order valence-electron chi connectivity index (χ2n) is 5.36. The summed E-state index contributed by atoms with van der Waals surface area (Å²) in [7, 11) is 0. The smallest absolute Gasteiger partial charge is 0.269 e. The molecule has 5 nitrogen and oxygen atoms in total. The van der Waals surface area contributed by atoms with Crippen molar-refractivity contribution in [1.29, 1.82) is 0 Å². The Morgan fingerprint density at radius 2 is 2.15 bits per heavy atom. The molecule has 1 heterocycles. The summed E-state index contributed by atoms with van der Waals surface area (Å²) in [6.45, 7) is 6.48. The molecule has 1 N–H and O–H groups in total. The van der Waals surface area contributed by atoms with Gasteiger partial charge < -0.3 is 10.2 Å². The summed E-state index contributed by atoms with van der Waals surface area (Å²) in [5.74, 6) is 0. The Labute approximate surface area is 120 Å². The molecule has 1 fully saturated rings. The summed E-state index contributed by atoms with van der Waals surface area (Å²) >= 11 is 0. The molecule has 0 spiro atoms. The van der Waals surface area contributed by atoms with Crippen molar-refractivity contribution in [3.05, 3.63) is 39.9 Å². The lowest BCUT2D eigenvalue weighted by Gasteiger charge is -2.24. The van der Waals surface area contributed by atoms with Crippen molar-refractivity contribution in [1.82, 2.24) is 10.2 Å². The molecular formula is C15H23N3O2. The van der Waals surface area contributed by atoms with Gasteiger partial charge in [-0.25, -0.2) is 0 Å². The summed E-state index contributed by atoms with van der Waals surface area (Å²) in [5.41, 5.74) is 1.32. The van der Waals surface area contributed by atoms with Crippen LogP contribution in [-0.2, 0) is 6.42 Å². The first kappa shape index (κ1) is 14.9. The van der Waals surface area contributed by atoms with Crippen LogP contribution in [0.3, 0.4) is 0 Å². The van der Waals surface area contributed by atoms with Crippen molar-refractivity contribution in [3.63, 3.8) is 0 Å². The molecule has 1 unspecified atom stereocenters. The zero-order chi connectivity index (χ0) is 14.4. The standard InChI is InChI=1S/C15H23N3O2/c1-2-17(12-14-4-3-10-16-14)11-9-13-5-7-15(8-6-13)18(19)20/h5-8,14,16H,2-4,9-12H2,1H3. The number of nitrogens with one attached hydrogen (secondary N) is 1. The van der Waals surface area contributed by atoms with Crippen LogP contribution in [0.25, 0.3) is 0 Å². The third-order valence-electron chi connectivity index (χ3n) is 3.95. The van der Waals surface area contributed by atoms with Gasteiger partial charge in [-0.2, -0.15) is 0 Å². The van der Waals surface area contributed by atoms with Gasteiger partial charge in [0.25, 0.3) is 5.69 Å². The molecule has 2 rings (SSSR count). The maximum atomic E-state index is 10.6. The van der Waals surface area contributed by atoms with Gasteiger partial charge in [0.2, 0.25) is 0 Å². The zero-order valence-electron chi connectivity index (χ0n) is 12.0. The van der Waals surface area contributed by atoms with Crippen molar-refractivity contribution < 1.29 is 4.92 Å². The van der Waals surface area contributed by atoms with Crippen LogP contribution in [-0.4, -0.2) is 42.0 Å². The highest BCUT2D eigenvalue weighted by molar-refractivity contribution is 5.32. The van der Waals surface area contributed by atoms with E-state index in [9.17, 15) is 10.1 Å². The van der Waals surface area contributed by atoms with Crippen molar-refractivity contribution >= 4 is 5.69 Å². The minimum Gasteiger partial charge on any atom is -0.313 e. The molecule has 20 heavy (non-hydrogen) atoms. The van der Waals surface area contributed by atoms with Crippen molar-refractivity contribution in [2.45, 2.75) is 32.2 Å². The Morgan fingerprint density at radius 3 is 2.70 bits per heavy atom. The summed E-state index contributed by atoms with van der Waals surface area (Å²) in [5, 5.41) is 14.1. The van der Waals surface area contributed by atoms with Crippen LogP contribution >= 0.6 is 0 Å². The fourth-order valence-electron chi connectivity index (χ4n) is 2.67. The Kier molecular flexibility index (Phi) is 5.49. The highest BCUT2D eigenvalue weighted by Gasteiger charge is 2.16. The van der Waals surface area contributed by atoms with E-state index >= 15 is 0 Å². The van der Waals surface area contributed by atoms with Gasteiger partial charge in [0.15, 0.2) is 0 Å². The minimum absolute atomic E-state index is 0.163. The first-order valence-electron chi connectivity index (χ1n) is 7.38. The number of hydrogen-bond acceptors (Lipinski definition) is 4. The van der Waals surface area contributed by atoms with Crippen molar-refractivity contribution in [2.24, 2.45) is 0 Å². The minimum atomic E-state index is -0.353. The zero-order valence-corrected chi connectivity index (χ0v) is 12.0. The van der Waals surface area contributed by atoms with Crippen LogP contribution in [0.15, 0.2) is 24.3 Å². The number of rotatable bonds is 7. The number of non-ortho nitro benzene ring substituents is 1. The van der Waals surface area contributed by atoms with E-state index in [1.807, 2.05) is 12.1 Å². The number of nitro groups is 1. The highest BCUT2D eigenvalue weighted by Crippen LogP contribution is 2.13. The number of nitrogens with zero attached hydrogens (tertiary/aromatic N) is 2. The van der Waals surface area contributed by atoms with E-state index in [0.717, 1.165) is 38.2 Å². The number of nitro benzene ring substituents is 1. The first-order chi connectivity index (χ1) is 9.69. The van der Waals surface area contributed by atoms with E-state index < -0.39 is 0 Å². The molecule has 1 aliphatic rings. The van der Waals surface area contributed by atoms with Gasteiger partial charge in [-0.05, 0) is 37.9 Å². The van der Waals surface area contributed by atoms with E-state index in [0.29, 0.717) is 6.04 Å². The van der Waals surface area contributed by atoms with Gasteiger partial charge in [-0.15, -0.1) is 0 Å². The molecule has 0 bridgehead atoms. The van der Waals surface area contributed by atoms with E-state index in [1.54, 1.807) is 12.1 Å². The van der Waals surface area contributed by atoms with Gasteiger partial charge in [-0.3, -0.25) is 10.1 Å². The number of hydrogen-bond donors (Lipinski definition) is 1. The van der Waals surface area contributed by atoms with Crippen LogP contribution in [0.4, 0.5) is 5.69 Å². The number of benzene rings is 1. The average molecular weight is 277 g/mol. The summed E-state index contributed by atoms with van der Waals surface area (Å²) in [4.78, 5) is 12.7. The molecule has 110 valence electrons. The highest BCUT2D eigenvalue weighted by atomic mass is 16.6. The van der Waals surface area contributed by atoms with E-state index in [4.69, 9.17) is 0 Å². The normalized spacial score (nSPS) is 18.6. The van der Waals surface area contributed by atoms with Gasteiger partial charge in [-0.1, -0.05) is 19.1 Å². The van der Waals surface area contributed by atoms with Crippen molar-refractivity contribution in [2.75, 3.05) is 26.2 Å². The lowest BCUT2D eigenvalue weighted by molar-refractivity contribution is -0.384. The summed E-state index contributed by atoms with van der Waals surface area (Å²) in [6, 6.07) is 7.53. The molecule has 1 aliphatic heterocycles. The fraction of sp³-hybridized carbons (Fsp3) is 0.600. The molecular weight excluding hydrogens is 254 g/mol. The number of likely N-dealkylation sites (N-methyl/N-ethyl adjacent to an activating group) is 1. The van der Waals surface area contributed by atoms with Crippen LogP contribution in [0.5, 0.6) is 0 Å². The van der Waals surface area contributed by atoms with Gasteiger partial charge in [0, 0.05) is 31.3 Å². The fourth-order valence-corrected chi connectivity index (χ4v) is 2.67. The third-order valence-corrected chi connectivity index (χ3v) is 3.95. The first-order valence-corrected chi connectivity index (χ1v) is 7.38. The molecule has 1 atom stereocenters. The Hall–Kier alpha value is -1.46. The monoisotopic (exact) mass is 277 g/mol. The predicted molar refractivity (Wildman–Crippen MR) is 79.9 cm³/mol. The largest absolute Gasteiger partial charge is 0.313 e. The Balaban J connectivity index is 1.81. The molecule has 0 radical (unpaired) electrons. The molecule has 0 aromatic heterocycles. The van der Waals surface area contributed by atoms with Crippen LogP contribution in [0.2, 0.25) is 0 Å². The second kappa shape index (κ2) is 7.36. The Bertz CT molecular complexity index is 427. The molecule has 1 aromatic carbocycles. The molecule has 5 heteroatoms. The van der Waals surface area contributed by atoms with E-state index in [-0.39, 0.29) is 10.6 Å². The van der Waals surface area contributed by atoms with Crippen LogP contribution in [0, 0.1) is 10.1 Å². The van der Waals surface area contributed by atoms with Gasteiger partial charge in [0.1, 0.15) is 0 Å². The van der Waals surface area contributed by atoms with E-state index in [1.165, 1.54) is 12.8 Å². The lowest BCUT2D eigenvalue weighted by atomic mass is 10.1.